The summed E-state index contributed by atoms with van der Waals surface area (Å²) in [4.78, 5) is 28.8. The van der Waals surface area contributed by atoms with Crippen molar-refractivity contribution < 1.29 is 37.5 Å². The Morgan fingerprint density at radius 1 is 1.28 bits per heavy atom. The van der Waals surface area contributed by atoms with E-state index >= 15 is 0 Å². The van der Waals surface area contributed by atoms with Gasteiger partial charge < -0.3 is 25.0 Å². The Kier molecular flexibility index (Phi) is 10.0. The van der Waals surface area contributed by atoms with Gasteiger partial charge in [-0.1, -0.05) is 12.1 Å². The first-order chi connectivity index (χ1) is 18.3. The van der Waals surface area contributed by atoms with Gasteiger partial charge in [0, 0.05) is 25.0 Å². The van der Waals surface area contributed by atoms with Gasteiger partial charge in [-0.25, -0.2) is 18.0 Å². The van der Waals surface area contributed by atoms with Gasteiger partial charge in [0.1, 0.15) is 24.1 Å². The molecule has 2 fully saturated rings. The van der Waals surface area contributed by atoms with Crippen molar-refractivity contribution in [3.8, 4) is 6.07 Å². The van der Waals surface area contributed by atoms with E-state index in [-0.39, 0.29) is 31.6 Å². The van der Waals surface area contributed by atoms with Crippen LogP contribution >= 0.6 is 0 Å². The fourth-order valence-electron chi connectivity index (χ4n) is 4.88. The minimum absolute atomic E-state index is 0.0101. The minimum atomic E-state index is -2.82. The number of rotatable bonds is 9. The number of nitrogens with one attached hydrogen (secondary N) is 1. The molecule has 39 heavy (non-hydrogen) atoms. The molecule has 0 saturated carbocycles. The zero-order chi connectivity index (χ0) is 28.8. The predicted molar refractivity (Wildman–Crippen MR) is 137 cm³/mol. The van der Waals surface area contributed by atoms with Crippen molar-refractivity contribution >= 4 is 19.1 Å². The fraction of sp³-hybridized carbons (Fsp3) is 0.577. The van der Waals surface area contributed by atoms with Gasteiger partial charge in [-0.15, -0.1) is 0 Å². The van der Waals surface area contributed by atoms with Gasteiger partial charge in [0.15, 0.2) is 0 Å². The summed E-state index contributed by atoms with van der Waals surface area (Å²) in [7, 11) is -1.91. The number of nitriles is 1. The lowest BCUT2D eigenvalue weighted by atomic mass is 9.76. The Bertz CT molecular complexity index is 1090. The second-order valence-corrected chi connectivity index (χ2v) is 10.6. The van der Waals surface area contributed by atoms with Gasteiger partial charge >= 0.3 is 13.2 Å². The number of nitrogens with zero attached hydrogens (tertiary/aromatic N) is 3. The summed E-state index contributed by atoms with van der Waals surface area (Å²) >= 11 is 0. The SMILES string of the molecule is CC(C)(C=C(C#N)C(=O)N1CCCC[C@@H]1COC(=O)NC(Cc1ccc(F)cc1)B(O)O)N1CCC(F)(F)C1. The van der Waals surface area contributed by atoms with Gasteiger partial charge in [-0.05, 0) is 63.3 Å². The molecule has 0 radical (unpaired) electrons. The Morgan fingerprint density at radius 3 is 2.56 bits per heavy atom. The number of ether oxygens (including phenoxy) is 1. The summed E-state index contributed by atoms with van der Waals surface area (Å²) in [5.41, 5.74) is -0.558. The molecular formula is C26H34BF3N4O5. The molecule has 3 N–H and O–H groups in total. The molecule has 13 heteroatoms. The molecule has 3 rings (SSSR count). The van der Waals surface area contributed by atoms with Crippen molar-refractivity contribution in [1.29, 1.82) is 5.26 Å². The van der Waals surface area contributed by atoms with Gasteiger partial charge in [0.2, 0.25) is 0 Å². The summed E-state index contributed by atoms with van der Waals surface area (Å²) in [6, 6.07) is 6.73. The van der Waals surface area contributed by atoms with E-state index in [9.17, 15) is 38.1 Å². The third-order valence-electron chi connectivity index (χ3n) is 7.16. The molecule has 1 unspecified atom stereocenters. The minimum Gasteiger partial charge on any atom is -0.447 e. The van der Waals surface area contributed by atoms with Crippen molar-refractivity contribution in [2.45, 2.75) is 69.4 Å². The summed E-state index contributed by atoms with van der Waals surface area (Å²) in [5.74, 6) is -4.96. The van der Waals surface area contributed by atoms with Crippen LogP contribution in [0, 0.1) is 17.1 Å². The molecule has 0 spiro atoms. The Morgan fingerprint density at radius 2 is 1.97 bits per heavy atom. The molecule has 2 heterocycles. The van der Waals surface area contributed by atoms with E-state index in [4.69, 9.17) is 4.74 Å². The summed E-state index contributed by atoms with van der Waals surface area (Å²) < 4.78 is 45.9. The molecule has 0 aromatic heterocycles. The van der Waals surface area contributed by atoms with Gasteiger partial charge in [0.05, 0.1) is 18.5 Å². The van der Waals surface area contributed by atoms with Gasteiger partial charge in [-0.2, -0.15) is 5.26 Å². The lowest BCUT2D eigenvalue weighted by Gasteiger charge is -2.36. The molecular weight excluding hydrogens is 516 g/mol. The number of hydrogen-bond donors (Lipinski definition) is 3. The van der Waals surface area contributed by atoms with Crippen LogP contribution < -0.4 is 5.32 Å². The summed E-state index contributed by atoms with van der Waals surface area (Å²) in [5, 5.41) is 31.5. The van der Waals surface area contributed by atoms with Gasteiger partial charge in [0.25, 0.3) is 11.8 Å². The van der Waals surface area contributed by atoms with E-state index in [1.54, 1.807) is 13.8 Å². The molecule has 1 aromatic carbocycles. The van der Waals surface area contributed by atoms with E-state index in [1.807, 2.05) is 6.07 Å². The van der Waals surface area contributed by atoms with Gasteiger partial charge in [-0.3, -0.25) is 9.69 Å². The number of benzene rings is 1. The highest BCUT2D eigenvalue weighted by Crippen LogP contribution is 2.33. The van der Waals surface area contributed by atoms with Crippen molar-refractivity contribution in [2.24, 2.45) is 0 Å². The van der Waals surface area contributed by atoms with Crippen LogP contribution in [0.4, 0.5) is 18.0 Å². The monoisotopic (exact) mass is 550 g/mol. The second kappa shape index (κ2) is 12.9. The van der Waals surface area contributed by atoms with Crippen molar-refractivity contribution in [3.63, 3.8) is 0 Å². The van der Waals surface area contributed by atoms with Crippen molar-refractivity contribution in [2.75, 3.05) is 26.2 Å². The largest absolute Gasteiger partial charge is 0.475 e. The van der Waals surface area contributed by atoms with E-state index in [0.29, 0.717) is 24.9 Å². The van der Waals surface area contributed by atoms with E-state index < -0.39 is 54.9 Å². The quantitative estimate of drug-likeness (QED) is 0.245. The number of hydrogen-bond acceptors (Lipinski definition) is 7. The van der Waals surface area contributed by atoms with Crippen LogP contribution in [-0.2, 0) is 16.0 Å². The third kappa shape index (κ3) is 8.45. The normalized spacial score (nSPS) is 20.7. The first kappa shape index (κ1) is 30.5. The zero-order valence-electron chi connectivity index (χ0n) is 22.1. The van der Waals surface area contributed by atoms with Crippen LogP contribution in [0.1, 0.15) is 45.1 Å². The first-order valence-corrected chi connectivity index (χ1v) is 12.9. The number of piperidine rings is 1. The number of carbonyl (C=O) groups excluding carboxylic acids is 2. The zero-order valence-corrected chi connectivity index (χ0v) is 22.1. The van der Waals surface area contributed by atoms with E-state index in [2.05, 4.69) is 5.32 Å². The third-order valence-corrected chi connectivity index (χ3v) is 7.16. The van der Waals surface area contributed by atoms with E-state index in [0.717, 1.165) is 6.42 Å². The number of likely N-dealkylation sites (tertiary alicyclic amines) is 2. The molecule has 212 valence electrons. The first-order valence-electron chi connectivity index (χ1n) is 12.9. The second-order valence-electron chi connectivity index (χ2n) is 10.6. The van der Waals surface area contributed by atoms with Crippen molar-refractivity contribution in [3.05, 3.63) is 47.3 Å². The van der Waals surface area contributed by atoms with Crippen LogP contribution in [0.2, 0.25) is 0 Å². The molecule has 9 nitrogen and oxygen atoms in total. The number of halogens is 3. The Balaban J connectivity index is 1.62. The molecule has 2 aliphatic heterocycles. The lowest BCUT2D eigenvalue weighted by molar-refractivity contribution is -0.131. The molecule has 1 aromatic rings. The molecule has 2 atom stereocenters. The standard InChI is InChI=1S/C26H34BF3N4O5/c1-25(2,33-12-10-26(29,30)17-33)14-19(15-31)23(35)34-11-4-3-5-21(34)16-39-24(36)32-22(27(37)38)13-18-6-8-20(28)9-7-18/h6-9,14,21-22,37-38H,3-5,10-13,16-17H2,1-2H3,(H,32,36)/t21-,22?/m1/s1. The maximum absolute atomic E-state index is 13.8. The average Bonchev–Trinajstić information content (AvgIpc) is 3.27. The Labute approximate surface area is 226 Å². The molecule has 2 amide bonds. The van der Waals surface area contributed by atoms with Crippen molar-refractivity contribution in [1.82, 2.24) is 15.1 Å². The van der Waals surface area contributed by atoms with Crippen LogP contribution in [0.15, 0.2) is 35.9 Å². The number of alkyl halides is 2. The lowest BCUT2D eigenvalue weighted by Crippen LogP contribution is -2.50. The van der Waals surface area contributed by atoms with Crippen LogP contribution in [0.3, 0.4) is 0 Å². The maximum Gasteiger partial charge on any atom is 0.475 e. The molecule has 0 aliphatic carbocycles. The number of amides is 2. The van der Waals surface area contributed by atoms with Crippen LogP contribution in [0.25, 0.3) is 0 Å². The average molecular weight is 550 g/mol. The highest BCUT2D eigenvalue weighted by molar-refractivity contribution is 6.43. The topological polar surface area (TPSA) is 126 Å². The molecule has 0 bridgehead atoms. The van der Waals surface area contributed by atoms with Crippen LogP contribution in [-0.4, -0.2) is 88.7 Å². The summed E-state index contributed by atoms with van der Waals surface area (Å²) in [6.07, 6.45) is 2.18. The highest BCUT2D eigenvalue weighted by atomic mass is 19.3. The smallest absolute Gasteiger partial charge is 0.447 e. The molecule has 2 saturated heterocycles. The number of carbonyl (C=O) groups is 2. The predicted octanol–water partition coefficient (Wildman–Crippen LogP) is 2.43. The summed E-state index contributed by atoms with van der Waals surface area (Å²) in [6.45, 7) is 3.18. The molecule has 2 aliphatic rings. The Hall–Kier alpha value is -3.08. The number of alkyl carbamates (subject to hydrolysis) is 1. The van der Waals surface area contributed by atoms with Crippen LogP contribution in [0.5, 0.6) is 0 Å². The fourth-order valence-corrected chi connectivity index (χ4v) is 4.88. The highest BCUT2D eigenvalue weighted by Gasteiger charge is 2.43. The maximum atomic E-state index is 13.8. The van der Waals surface area contributed by atoms with E-state index in [1.165, 1.54) is 40.1 Å².